The lowest BCUT2D eigenvalue weighted by Crippen LogP contribution is -2.12. The van der Waals surface area contributed by atoms with Gasteiger partial charge in [-0.05, 0) is 18.8 Å². The van der Waals surface area contributed by atoms with Crippen LogP contribution in [0.2, 0.25) is 0 Å². The first-order valence-electron chi connectivity index (χ1n) is 2.45. The van der Waals surface area contributed by atoms with Crippen LogP contribution in [0.15, 0.2) is 0 Å². The summed E-state index contributed by atoms with van der Waals surface area (Å²) in [5.74, 6) is 1.47. The van der Waals surface area contributed by atoms with Crippen LogP contribution >= 0.6 is 0 Å². The molecule has 2 N–H and O–H groups in total. The Morgan fingerprint density at radius 2 is 2.00 bits per heavy atom. The molecule has 0 spiro atoms. The van der Waals surface area contributed by atoms with Crippen molar-refractivity contribution in [2.75, 3.05) is 0 Å². The van der Waals surface area contributed by atoms with E-state index in [1.54, 1.807) is 0 Å². The summed E-state index contributed by atoms with van der Waals surface area (Å²) >= 11 is 0. The highest BCUT2D eigenvalue weighted by atomic mass is 32.2. The van der Waals surface area contributed by atoms with Crippen LogP contribution in [0.3, 0.4) is 0 Å². The van der Waals surface area contributed by atoms with E-state index in [2.05, 4.69) is 0 Å². The van der Waals surface area contributed by atoms with Gasteiger partial charge in [-0.15, -0.1) is 0 Å². The fourth-order valence-corrected chi connectivity index (χ4v) is 1.31. The average molecular weight is 134 g/mol. The second kappa shape index (κ2) is 1.70. The molecule has 1 fully saturated rings. The number of sulfonamides is 1. The van der Waals surface area contributed by atoms with Crippen molar-refractivity contribution < 1.29 is 8.42 Å². The molecule has 1 aliphatic carbocycles. The van der Waals surface area contributed by atoms with Crippen LogP contribution in [0.25, 0.3) is 0 Å². The fraction of sp³-hybridized carbons (Fsp3) is 0.750. The molecule has 1 radical (unpaired) electrons. The molecule has 0 aliphatic heterocycles. The molecule has 0 unspecified atom stereocenters. The van der Waals surface area contributed by atoms with E-state index in [9.17, 15) is 8.42 Å². The Balaban J connectivity index is 2.38. The highest BCUT2D eigenvalue weighted by molar-refractivity contribution is 7.91. The molecule has 8 heavy (non-hydrogen) atoms. The topological polar surface area (TPSA) is 60.2 Å². The Labute approximate surface area is 48.9 Å². The third kappa shape index (κ3) is 2.28. The Bertz CT molecular complexity index is 168. The monoisotopic (exact) mass is 134 g/mol. The average Bonchev–Trinajstić information content (AvgIpc) is 2.12. The van der Waals surface area contributed by atoms with Gasteiger partial charge in [0, 0.05) is 0 Å². The highest BCUT2D eigenvalue weighted by Gasteiger charge is 2.26. The zero-order valence-corrected chi connectivity index (χ0v) is 5.19. The lowest BCUT2D eigenvalue weighted by atomic mass is 10.5. The molecule has 0 amide bonds. The van der Waals surface area contributed by atoms with Crippen LogP contribution in [-0.2, 0) is 10.0 Å². The Morgan fingerprint density at radius 1 is 1.50 bits per heavy atom. The molecule has 0 saturated heterocycles. The summed E-state index contributed by atoms with van der Waals surface area (Å²) in [5.41, 5.74) is 0. The first kappa shape index (κ1) is 6.04. The third-order valence-corrected chi connectivity index (χ3v) is 1.77. The Kier molecular flexibility index (Phi) is 1.28. The Hall–Kier alpha value is -0.0900. The van der Waals surface area contributed by atoms with Crippen molar-refractivity contribution in [2.45, 2.75) is 12.8 Å². The fourth-order valence-electron chi connectivity index (χ4n) is 0.501. The van der Waals surface area contributed by atoms with Gasteiger partial charge in [-0.3, -0.25) is 0 Å². The predicted octanol–water partition coefficient (Wildman–Crippen LogP) is -0.153. The molecule has 4 heteroatoms. The summed E-state index contributed by atoms with van der Waals surface area (Å²) in [4.78, 5) is 0. The number of hydrogen-bond acceptors (Lipinski definition) is 2. The molecule has 47 valence electrons. The summed E-state index contributed by atoms with van der Waals surface area (Å²) in [6, 6.07) is 0. The van der Waals surface area contributed by atoms with E-state index in [4.69, 9.17) is 5.14 Å². The van der Waals surface area contributed by atoms with E-state index < -0.39 is 10.0 Å². The molecule has 0 aromatic rings. The normalized spacial score (nSPS) is 21.1. The van der Waals surface area contributed by atoms with Gasteiger partial charge >= 0.3 is 0 Å². The number of primary sulfonamides is 1. The van der Waals surface area contributed by atoms with E-state index >= 15 is 0 Å². The maximum absolute atomic E-state index is 10.2. The van der Waals surface area contributed by atoms with E-state index in [0.717, 1.165) is 12.8 Å². The largest absolute Gasteiger partial charge is 0.228 e. The molecule has 0 aromatic heterocycles. The first-order valence-corrected chi connectivity index (χ1v) is 4.06. The molecule has 0 atom stereocenters. The molecule has 0 aromatic carbocycles. The minimum Gasteiger partial charge on any atom is -0.228 e. The maximum Gasteiger partial charge on any atom is 0.213 e. The quantitative estimate of drug-likeness (QED) is 0.570. The smallest absolute Gasteiger partial charge is 0.213 e. The molecule has 0 heterocycles. The number of hydrogen-bond donors (Lipinski definition) is 1. The zero-order valence-electron chi connectivity index (χ0n) is 4.37. The van der Waals surface area contributed by atoms with Crippen molar-refractivity contribution in [2.24, 2.45) is 11.1 Å². The zero-order chi connectivity index (χ0) is 6.20. The molecule has 1 rings (SSSR count). The van der Waals surface area contributed by atoms with E-state index in [0.29, 0.717) is 0 Å². The van der Waals surface area contributed by atoms with Gasteiger partial charge in [-0.1, -0.05) is 0 Å². The van der Waals surface area contributed by atoms with Gasteiger partial charge in [0.25, 0.3) is 0 Å². The molecular weight excluding hydrogens is 126 g/mol. The molecule has 3 nitrogen and oxygen atoms in total. The van der Waals surface area contributed by atoms with Crippen molar-refractivity contribution in [3.63, 3.8) is 0 Å². The highest BCUT2D eigenvalue weighted by Crippen LogP contribution is 2.32. The summed E-state index contributed by atoms with van der Waals surface area (Å²) in [5, 5.41) is 4.69. The van der Waals surface area contributed by atoms with Crippen molar-refractivity contribution in [1.82, 2.24) is 0 Å². The van der Waals surface area contributed by atoms with Crippen LogP contribution in [0.1, 0.15) is 12.8 Å². The maximum atomic E-state index is 10.2. The SMILES string of the molecule is NS(=O)(=O)[CH]C1CC1. The Morgan fingerprint density at radius 3 is 2.12 bits per heavy atom. The summed E-state index contributed by atoms with van der Waals surface area (Å²) in [6.45, 7) is 0. The van der Waals surface area contributed by atoms with Gasteiger partial charge in [0.15, 0.2) is 0 Å². The third-order valence-electron chi connectivity index (χ3n) is 1.00. The standard InChI is InChI=1S/C4H8NO2S/c5-8(6,7)3-4-1-2-4/h3-4H,1-2H2,(H2,5,6,7). The van der Waals surface area contributed by atoms with Gasteiger partial charge in [-0.25, -0.2) is 13.6 Å². The van der Waals surface area contributed by atoms with Gasteiger partial charge < -0.3 is 0 Å². The molecule has 1 aliphatic rings. The molecular formula is C4H8NO2S. The van der Waals surface area contributed by atoms with E-state index in [-0.39, 0.29) is 5.92 Å². The van der Waals surface area contributed by atoms with Crippen LogP contribution in [0.5, 0.6) is 0 Å². The van der Waals surface area contributed by atoms with Crippen molar-refractivity contribution in [1.29, 1.82) is 0 Å². The summed E-state index contributed by atoms with van der Waals surface area (Å²) < 4.78 is 20.4. The van der Waals surface area contributed by atoms with Crippen molar-refractivity contribution in [3.8, 4) is 0 Å². The minimum atomic E-state index is -3.29. The predicted molar refractivity (Wildman–Crippen MR) is 30.1 cm³/mol. The second-order valence-electron chi connectivity index (χ2n) is 2.06. The number of nitrogens with two attached hydrogens (primary N) is 1. The van der Waals surface area contributed by atoms with Crippen LogP contribution in [0, 0.1) is 11.7 Å². The minimum absolute atomic E-state index is 0.255. The van der Waals surface area contributed by atoms with Crippen molar-refractivity contribution in [3.05, 3.63) is 5.75 Å². The van der Waals surface area contributed by atoms with Crippen LogP contribution in [-0.4, -0.2) is 8.42 Å². The van der Waals surface area contributed by atoms with Crippen molar-refractivity contribution >= 4 is 10.0 Å². The molecule has 0 bridgehead atoms. The van der Waals surface area contributed by atoms with Gasteiger partial charge in [0.1, 0.15) is 0 Å². The van der Waals surface area contributed by atoms with E-state index in [1.165, 1.54) is 5.75 Å². The lowest BCUT2D eigenvalue weighted by Gasteiger charge is -1.88. The van der Waals surface area contributed by atoms with Gasteiger partial charge in [0.05, 0.1) is 5.75 Å². The van der Waals surface area contributed by atoms with Gasteiger partial charge in [-0.2, -0.15) is 0 Å². The van der Waals surface area contributed by atoms with Gasteiger partial charge in [0.2, 0.25) is 10.0 Å². The second-order valence-corrected chi connectivity index (χ2v) is 3.51. The van der Waals surface area contributed by atoms with Crippen LogP contribution in [0.4, 0.5) is 0 Å². The summed E-state index contributed by atoms with van der Waals surface area (Å²) in [7, 11) is -3.29. The molecule has 1 saturated carbocycles. The summed E-state index contributed by atoms with van der Waals surface area (Å²) in [6.07, 6.45) is 1.97. The van der Waals surface area contributed by atoms with Crippen LogP contribution < -0.4 is 5.14 Å². The lowest BCUT2D eigenvalue weighted by molar-refractivity contribution is 0.600. The number of rotatable bonds is 2. The first-order chi connectivity index (χ1) is 3.58. The van der Waals surface area contributed by atoms with E-state index in [1.807, 2.05) is 0 Å².